The van der Waals surface area contributed by atoms with Crippen LogP contribution in [0.15, 0.2) is 21.5 Å². The van der Waals surface area contributed by atoms with E-state index >= 15 is 0 Å². The van der Waals surface area contributed by atoms with Crippen LogP contribution in [0.5, 0.6) is 0 Å². The van der Waals surface area contributed by atoms with Gasteiger partial charge in [-0.25, -0.2) is 17.9 Å². The molecule has 0 radical (unpaired) electrons. The first-order chi connectivity index (χ1) is 9.20. The lowest BCUT2D eigenvalue weighted by molar-refractivity contribution is 0.0933. The Bertz CT molecular complexity index is 615. The van der Waals surface area contributed by atoms with E-state index in [9.17, 15) is 17.6 Å². The Balaban J connectivity index is 3.26. The number of nitrogens with two attached hydrogens (primary N) is 1. The molecule has 0 saturated heterocycles. The normalized spacial score (nSPS) is 11.7. The third-order valence-corrected chi connectivity index (χ3v) is 4.93. The highest BCUT2D eigenvalue weighted by molar-refractivity contribution is 9.10. The van der Waals surface area contributed by atoms with Crippen molar-refractivity contribution in [3.05, 3.63) is 28.0 Å². The number of amides is 1. The zero-order valence-corrected chi connectivity index (χ0v) is 13.5. The first kappa shape index (κ1) is 17.1. The summed E-state index contributed by atoms with van der Waals surface area (Å²) in [5.41, 5.74) is -0.0964. The Hall–Kier alpha value is -0.990. The van der Waals surface area contributed by atoms with Crippen LogP contribution in [0.4, 0.5) is 4.39 Å². The quantitative estimate of drug-likeness (QED) is 0.836. The topological polar surface area (TPSA) is 89.3 Å². The molecule has 1 aromatic rings. The van der Waals surface area contributed by atoms with Gasteiger partial charge in [-0.2, -0.15) is 0 Å². The zero-order chi connectivity index (χ0) is 15.5. The molecule has 0 heterocycles. The number of carbonyl (C=O) groups excluding carboxylic acids is 1. The third kappa shape index (κ3) is 4.00. The van der Waals surface area contributed by atoms with E-state index in [0.717, 1.165) is 25.0 Å². The molecule has 0 unspecified atom stereocenters. The van der Waals surface area contributed by atoms with Crippen LogP contribution < -0.4 is 10.5 Å². The number of nitrogens with one attached hydrogen (secondary N) is 1. The van der Waals surface area contributed by atoms with Gasteiger partial charge in [-0.15, -0.1) is 0 Å². The van der Waals surface area contributed by atoms with Gasteiger partial charge in [-0.3, -0.25) is 4.79 Å². The molecule has 0 saturated carbocycles. The van der Waals surface area contributed by atoms with Crippen molar-refractivity contribution in [2.24, 2.45) is 5.14 Å². The first-order valence-electron chi connectivity index (χ1n) is 6.03. The second-order valence-corrected chi connectivity index (χ2v) is 6.62. The summed E-state index contributed by atoms with van der Waals surface area (Å²) in [4.78, 5) is 11.6. The SMILES string of the molecule is CCC(CC)NC(=O)c1cc(F)cc(S(N)(=O)=O)c1Br. The molecule has 0 aliphatic heterocycles. The monoisotopic (exact) mass is 366 g/mol. The average Bonchev–Trinajstić information content (AvgIpc) is 2.36. The molecule has 0 atom stereocenters. The van der Waals surface area contributed by atoms with Crippen molar-refractivity contribution in [2.45, 2.75) is 37.6 Å². The molecule has 1 rings (SSSR count). The van der Waals surface area contributed by atoms with Gasteiger partial charge >= 0.3 is 0 Å². The minimum Gasteiger partial charge on any atom is -0.349 e. The van der Waals surface area contributed by atoms with Crippen LogP contribution in [0.3, 0.4) is 0 Å². The maximum atomic E-state index is 13.5. The molecular formula is C12H16BrFN2O3S. The van der Waals surface area contributed by atoms with Gasteiger partial charge in [0.05, 0.1) is 14.9 Å². The predicted octanol–water partition coefficient (Wildman–Crippen LogP) is 2.15. The summed E-state index contributed by atoms with van der Waals surface area (Å²) in [5, 5.41) is 7.70. The van der Waals surface area contributed by atoms with E-state index in [4.69, 9.17) is 5.14 Å². The maximum Gasteiger partial charge on any atom is 0.252 e. The molecule has 3 N–H and O–H groups in total. The van der Waals surface area contributed by atoms with Gasteiger partial charge in [-0.1, -0.05) is 13.8 Å². The van der Waals surface area contributed by atoms with Crippen molar-refractivity contribution in [1.82, 2.24) is 5.32 Å². The fraction of sp³-hybridized carbons (Fsp3) is 0.417. The fourth-order valence-corrected chi connectivity index (χ4v) is 3.41. The van der Waals surface area contributed by atoms with Crippen molar-refractivity contribution in [1.29, 1.82) is 0 Å². The number of benzene rings is 1. The van der Waals surface area contributed by atoms with E-state index in [2.05, 4.69) is 21.2 Å². The molecule has 0 aliphatic rings. The van der Waals surface area contributed by atoms with Crippen molar-refractivity contribution in [3.8, 4) is 0 Å². The first-order valence-corrected chi connectivity index (χ1v) is 8.37. The van der Waals surface area contributed by atoms with Crippen molar-refractivity contribution in [2.75, 3.05) is 0 Å². The largest absolute Gasteiger partial charge is 0.349 e. The van der Waals surface area contributed by atoms with Crippen LogP contribution in [0.1, 0.15) is 37.0 Å². The Morgan fingerprint density at radius 1 is 1.40 bits per heavy atom. The molecule has 0 bridgehead atoms. The summed E-state index contributed by atoms with van der Waals surface area (Å²) in [6.07, 6.45) is 1.44. The van der Waals surface area contributed by atoms with Gasteiger partial charge in [0.15, 0.2) is 0 Å². The summed E-state index contributed by atoms with van der Waals surface area (Å²) in [5.74, 6) is -1.39. The van der Waals surface area contributed by atoms with Gasteiger partial charge in [0.25, 0.3) is 5.91 Å². The Kier molecular flexibility index (Phi) is 5.67. The average molecular weight is 367 g/mol. The molecule has 1 aromatic carbocycles. The number of hydrogen-bond donors (Lipinski definition) is 2. The third-order valence-electron chi connectivity index (χ3n) is 2.88. The molecule has 0 spiro atoms. The van der Waals surface area contributed by atoms with Crippen LogP contribution in [0.2, 0.25) is 0 Å². The van der Waals surface area contributed by atoms with Crippen LogP contribution in [0, 0.1) is 5.82 Å². The lowest BCUT2D eigenvalue weighted by Crippen LogP contribution is -2.34. The minimum absolute atomic E-state index is 0.0372. The fourth-order valence-electron chi connectivity index (χ4n) is 1.69. The van der Waals surface area contributed by atoms with E-state index in [1.165, 1.54) is 0 Å². The number of carbonyl (C=O) groups is 1. The van der Waals surface area contributed by atoms with Crippen molar-refractivity contribution >= 4 is 31.9 Å². The van der Waals surface area contributed by atoms with E-state index < -0.39 is 26.6 Å². The smallest absolute Gasteiger partial charge is 0.252 e. The van der Waals surface area contributed by atoms with E-state index in [1.54, 1.807) is 0 Å². The van der Waals surface area contributed by atoms with E-state index in [0.29, 0.717) is 0 Å². The molecule has 5 nitrogen and oxygen atoms in total. The van der Waals surface area contributed by atoms with Crippen LogP contribution in [-0.2, 0) is 10.0 Å². The van der Waals surface area contributed by atoms with Gasteiger partial charge < -0.3 is 5.32 Å². The summed E-state index contributed by atoms with van der Waals surface area (Å²) in [6, 6.07) is 1.68. The molecule has 20 heavy (non-hydrogen) atoms. The second kappa shape index (κ2) is 6.64. The molecular weight excluding hydrogens is 351 g/mol. The van der Waals surface area contributed by atoms with Crippen LogP contribution >= 0.6 is 15.9 Å². The number of halogens is 2. The lowest BCUT2D eigenvalue weighted by atomic mass is 10.1. The molecule has 0 fully saturated rings. The number of sulfonamides is 1. The summed E-state index contributed by atoms with van der Waals surface area (Å²) >= 11 is 3.00. The number of rotatable bonds is 5. The summed E-state index contributed by atoms with van der Waals surface area (Å²) in [7, 11) is -4.12. The highest BCUT2D eigenvalue weighted by Crippen LogP contribution is 2.26. The van der Waals surface area contributed by atoms with E-state index in [-0.39, 0.29) is 16.1 Å². The van der Waals surface area contributed by atoms with Gasteiger partial charge in [0, 0.05) is 6.04 Å². The molecule has 0 aromatic heterocycles. The minimum atomic E-state index is -4.12. The number of primary sulfonamides is 1. The van der Waals surface area contributed by atoms with Gasteiger partial charge in [-0.05, 0) is 40.9 Å². The second-order valence-electron chi connectivity index (χ2n) is 4.30. The molecule has 1 amide bonds. The van der Waals surface area contributed by atoms with Gasteiger partial charge in [0.1, 0.15) is 5.82 Å². The van der Waals surface area contributed by atoms with Crippen LogP contribution in [0.25, 0.3) is 0 Å². The van der Waals surface area contributed by atoms with E-state index in [1.807, 2.05) is 13.8 Å². The lowest BCUT2D eigenvalue weighted by Gasteiger charge is -2.16. The summed E-state index contributed by atoms with van der Waals surface area (Å²) < 4.78 is 36.2. The highest BCUT2D eigenvalue weighted by Gasteiger charge is 2.22. The summed E-state index contributed by atoms with van der Waals surface area (Å²) in [6.45, 7) is 3.82. The molecule has 8 heteroatoms. The Morgan fingerprint density at radius 3 is 2.40 bits per heavy atom. The standard InChI is InChI=1S/C12H16BrFN2O3S/c1-3-8(4-2)16-12(17)9-5-7(14)6-10(11(9)13)20(15,18)19/h5-6,8H,3-4H2,1-2H3,(H,16,17)(H2,15,18,19). The molecule has 0 aliphatic carbocycles. The highest BCUT2D eigenvalue weighted by atomic mass is 79.9. The zero-order valence-electron chi connectivity index (χ0n) is 11.1. The van der Waals surface area contributed by atoms with Gasteiger partial charge in [0.2, 0.25) is 10.0 Å². The predicted molar refractivity (Wildman–Crippen MR) is 77.3 cm³/mol. The number of hydrogen-bond acceptors (Lipinski definition) is 3. The van der Waals surface area contributed by atoms with Crippen molar-refractivity contribution < 1.29 is 17.6 Å². The van der Waals surface area contributed by atoms with Crippen molar-refractivity contribution in [3.63, 3.8) is 0 Å². The Labute approximate surface area is 125 Å². The molecule has 112 valence electrons. The Morgan fingerprint density at radius 2 is 1.95 bits per heavy atom. The van der Waals surface area contributed by atoms with Crippen LogP contribution in [-0.4, -0.2) is 20.4 Å². The maximum absolute atomic E-state index is 13.5.